The third kappa shape index (κ3) is 4.69. The van der Waals surface area contributed by atoms with Crippen LogP contribution in [0.3, 0.4) is 0 Å². The van der Waals surface area contributed by atoms with Crippen molar-refractivity contribution in [3.8, 4) is 0 Å². The molecule has 0 nitrogen and oxygen atoms in total. The maximum absolute atomic E-state index is 2.29. The van der Waals surface area contributed by atoms with Crippen LogP contribution in [0.5, 0.6) is 0 Å². The van der Waals surface area contributed by atoms with Crippen LogP contribution in [0.25, 0.3) is 12.2 Å². The highest BCUT2D eigenvalue weighted by molar-refractivity contribution is 5.65. The molecule has 0 heteroatoms. The average Bonchev–Trinajstić information content (AvgIpc) is 2.45. The van der Waals surface area contributed by atoms with Crippen molar-refractivity contribution < 1.29 is 0 Å². The smallest absolute Gasteiger partial charge is 0.0132 e. The molecular weight excluding hydrogens is 276 g/mol. The maximum atomic E-state index is 2.29. The van der Waals surface area contributed by atoms with E-state index in [1.807, 2.05) is 0 Å². The lowest BCUT2D eigenvalue weighted by molar-refractivity contribution is 0.521. The summed E-state index contributed by atoms with van der Waals surface area (Å²) < 4.78 is 0. The first-order valence-electron chi connectivity index (χ1n) is 8.30. The van der Waals surface area contributed by atoms with Gasteiger partial charge in [0.25, 0.3) is 0 Å². The zero-order valence-corrected chi connectivity index (χ0v) is 15.3. The predicted molar refractivity (Wildman–Crippen MR) is 104 cm³/mol. The van der Waals surface area contributed by atoms with E-state index >= 15 is 0 Å². The SMILES string of the molecule is Cc1cc(C)c(C=CC(=Cc2ccccc2)C(C)(C)C)c(C)c1. The number of aryl methyl sites for hydroxylation is 3. The zero-order chi connectivity index (χ0) is 17.0. The van der Waals surface area contributed by atoms with Crippen molar-refractivity contribution in [2.75, 3.05) is 0 Å². The quantitative estimate of drug-likeness (QED) is 0.550. The van der Waals surface area contributed by atoms with Gasteiger partial charge in [0.05, 0.1) is 0 Å². The van der Waals surface area contributed by atoms with Crippen molar-refractivity contribution in [1.29, 1.82) is 0 Å². The fourth-order valence-corrected chi connectivity index (χ4v) is 2.87. The van der Waals surface area contributed by atoms with Crippen LogP contribution in [0.4, 0.5) is 0 Å². The van der Waals surface area contributed by atoms with E-state index in [9.17, 15) is 0 Å². The molecule has 0 aliphatic heterocycles. The lowest BCUT2D eigenvalue weighted by atomic mass is 9.84. The first kappa shape index (κ1) is 17.3. The Labute approximate surface area is 141 Å². The van der Waals surface area contributed by atoms with Crippen molar-refractivity contribution in [3.63, 3.8) is 0 Å². The molecule has 0 unspecified atom stereocenters. The van der Waals surface area contributed by atoms with Crippen LogP contribution >= 0.6 is 0 Å². The molecule has 0 saturated carbocycles. The highest BCUT2D eigenvalue weighted by atomic mass is 14.2. The number of benzene rings is 2. The minimum Gasteiger partial charge on any atom is -0.0622 e. The molecule has 0 bridgehead atoms. The molecule has 23 heavy (non-hydrogen) atoms. The van der Waals surface area contributed by atoms with Gasteiger partial charge in [0.2, 0.25) is 0 Å². The standard InChI is InChI=1S/C23H28/c1-17-14-18(2)22(19(3)15-17)13-12-21(23(4,5)6)16-20-10-8-7-9-11-20/h7-16H,1-6H3. The normalized spacial score (nSPS) is 12.9. The fraction of sp³-hybridized carbons (Fsp3) is 0.304. The zero-order valence-electron chi connectivity index (χ0n) is 15.3. The first-order valence-corrected chi connectivity index (χ1v) is 8.30. The fourth-order valence-electron chi connectivity index (χ4n) is 2.87. The summed E-state index contributed by atoms with van der Waals surface area (Å²) in [5.74, 6) is 0. The van der Waals surface area contributed by atoms with Crippen LogP contribution in [0.15, 0.2) is 54.1 Å². The van der Waals surface area contributed by atoms with Gasteiger partial charge in [-0.05, 0) is 54.0 Å². The van der Waals surface area contributed by atoms with Crippen LogP contribution in [0.2, 0.25) is 0 Å². The Kier molecular flexibility index (Phi) is 5.26. The maximum Gasteiger partial charge on any atom is -0.0132 e. The van der Waals surface area contributed by atoms with Crippen molar-refractivity contribution in [2.24, 2.45) is 5.41 Å². The summed E-state index contributed by atoms with van der Waals surface area (Å²) in [5, 5.41) is 0. The molecule has 0 aromatic heterocycles. The number of hydrogen-bond donors (Lipinski definition) is 0. The molecule has 0 atom stereocenters. The number of hydrogen-bond acceptors (Lipinski definition) is 0. The Morgan fingerprint density at radius 2 is 1.43 bits per heavy atom. The molecule has 0 aliphatic carbocycles. The minimum atomic E-state index is 0.110. The summed E-state index contributed by atoms with van der Waals surface area (Å²) in [5.41, 5.74) is 8.03. The van der Waals surface area contributed by atoms with E-state index in [0.29, 0.717) is 0 Å². The van der Waals surface area contributed by atoms with Gasteiger partial charge in [0, 0.05) is 0 Å². The molecule has 0 saturated heterocycles. The van der Waals surface area contributed by atoms with Gasteiger partial charge in [-0.2, -0.15) is 0 Å². The monoisotopic (exact) mass is 304 g/mol. The Balaban J connectivity index is 2.42. The van der Waals surface area contributed by atoms with Crippen LogP contribution < -0.4 is 0 Å². The van der Waals surface area contributed by atoms with E-state index in [2.05, 4.69) is 102 Å². The van der Waals surface area contributed by atoms with Crippen molar-refractivity contribution >= 4 is 12.2 Å². The summed E-state index contributed by atoms with van der Waals surface area (Å²) in [6, 6.07) is 15.1. The number of rotatable bonds is 3. The van der Waals surface area contributed by atoms with Gasteiger partial charge < -0.3 is 0 Å². The second kappa shape index (κ2) is 7.00. The molecule has 2 aromatic rings. The molecular formula is C23H28. The summed E-state index contributed by atoms with van der Waals surface area (Å²) in [6.07, 6.45) is 6.83. The van der Waals surface area contributed by atoms with Crippen molar-refractivity contribution in [3.05, 3.63) is 81.9 Å². The van der Waals surface area contributed by atoms with E-state index in [1.54, 1.807) is 0 Å². The molecule has 0 spiro atoms. The van der Waals surface area contributed by atoms with Gasteiger partial charge >= 0.3 is 0 Å². The van der Waals surface area contributed by atoms with E-state index in [-0.39, 0.29) is 5.41 Å². The first-order chi connectivity index (χ1) is 10.8. The van der Waals surface area contributed by atoms with E-state index < -0.39 is 0 Å². The second-order valence-corrected chi connectivity index (χ2v) is 7.41. The van der Waals surface area contributed by atoms with Gasteiger partial charge in [0.1, 0.15) is 0 Å². The summed E-state index contributed by atoms with van der Waals surface area (Å²) in [4.78, 5) is 0. The Morgan fingerprint density at radius 1 is 0.870 bits per heavy atom. The van der Waals surface area contributed by atoms with Crippen LogP contribution in [-0.4, -0.2) is 0 Å². The molecule has 0 N–H and O–H groups in total. The molecule has 0 aliphatic rings. The van der Waals surface area contributed by atoms with Gasteiger partial charge in [-0.1, -0.05) is 87.0 Å². The molecule has 0 fully saturated rings. The predicted octanol–water partition coefficient (Wildman–Crippen LogP) is 6.75. The van der Waals surface area contributed by atoms with Crippen LogP contribution in [0.1, 0.15) is 48.6 Å². The van der Waals surface area contributed by atoms with Crippen LogP contribution in [0, 0.1) is 26.2 Å². The Morgan fingerprint density at radius 3 is 1.96 bits per heavy atom. The second-order valence-electron chi connectivity index (χ2n) is 7.41. The Hall–Kier alpha value is -2.08. The third-order valence-corrected chi connectivity index (χ3v) is 4.16. The van der Waals surface area contributed by atoms with E-state index in [1.165, 1.54) is 33.4 Å². The van der Waals surface area contributed by atoms with E-state index in [4.69, 9.17) is 0 Å². The topological polar surface area (TPSA) is 0 Å². The van der Waals surface area contributed by atoms with Gasteiger partial charge in [-0.25, -0.2) is 0 Å². The summed E-state index contributed by atoms with van der Waals surface area (Å²) >= 11 is 0. The largest absolute Gasteiger partial charge is 0.0622 e. The van der Waals surface area contributed by atoms with Crippen molar-refractivity contribution in [1.82, 2.24) is 0 Å². The lowest BCUT2D eigenvalue weighted by Gasteiger charge is -2.21. The van der Waals surface area contributed by atoms with Crippen molar-refractivity contribution in [2.45, 2.75) is 41.5 Å². The lowest BCUT2D eigenvalue weighted by Crippen LogP contribution is -2.07. The summed E-state index contributed by atoms with van der Waals surface area (Å²) in [6.45, 7) is 13.3. The van der Waals surface area contributed by atoms with Gasteiger partial charge in [-0.3, -0.25) is 0 Å². The Bertz CT molecular complexity index is 699. The molecule has 0 radical (unpaired) electrons. The average molecular weight is 304 g/mol. The molecule has 0 heterocycles. The third-order valence-electron chi connectivity index (χ3n) is 4.16. The minimum absolute atomic E-state index is 0.110. The molecule has 0 amide bonds. The molecule has 2 aromatic carbocycles. The number of allylic oxidation sites excluding steroid dienone is 2. The van der Waals surface area contributed by atoms with Gasteiger partial charge in [-0.15, -0.1) is 0 Å². The van der Waals surface area contributed by atoms with Gasteiger partial charge in [0.15, 0.2) is 0 Å². The van der Waals surface area contributed by atoms with Crippen LogP contribution in [-0.2, 0) is 0 Å². The van der Waals surface area contributed by atoms with E-state index in [0.717, 1.165) is 0 Å². The highest BCUT2D eigenvalue weighted by Crippen LogP contribution is 2.30. The summed E-state index contributed by atoms with van der Waals surface area (Å²) in [7, 11) is 0. The highest BCUT2D eigenvalue weighted by Gasteiger charge is 2.14. The molecule has 120 valence electrons. The molecule has 2 rings (SSSR count).